The lowest BCUT2D eigenvalue weighted by molar-refractivity contribution is 0.102. The highest BCUT2D eigenvalue weighted by molar-refractivity contribution is 7.92. The number of benzene rings is 1. The van der Waals surface area contributed by atoms with Gasteiger partial charge in [0.1, 0.15) is 0 Å². The second-order valence-electron chi connectivity index (χ2n) is 6.33. The summed E-state index contributed by atoms with van der Waals surface area (Å²) in [6, 6.07) is 7.58. The molecule has 0 aliphatic rings. The van der Waals surface area contributed by atoms with E-state index < -0.39 is 10.0 Å². The van der Waals surface area contributed by atoms with Gasteiger partial charge in [0.2, 0.25) is 5.95 Å². The lowest BCUT2D eigenvalue weighted by atomic mass is 10.2. The molecule has 1 amide bonds. The Morgan fingerprint density at radius 1 is 1.04 bits per heavy atom. The van der Waals surface area contributed by atoms with E-state index in [9.17, 15) is 13.2 Å². The summed E-state index contributed by atoms with van der Waals surface area (Å²) in [6.45, 7) is 5.31. The molecular formula is C18H20N6O3S. The van der Waals surface area contributed by atoms with Gasteiger partial charge in [-0.25, -0.2) is 23.1 Å². The normalized spacial score (nSPS) is 11.3. The van der Waals surface area contributed by atoms with Gasteiger partial charge in [0.05, 0.1) is 16.7 Å². The Hall–Kier alpha value is -3.27. The van der Waals surface area contributed by atoms with E-state index in [-0.39, 0.29) is 16.8 Å². The Morgan fingerprint density at radius 2 is 1.64 bits per heavy atom. The van der Waals surface area contributed by atoms with Gasteiger partial charge < -0.3 is 5.32 Å². The molecule has 0 saturated heterocycles. The summed E-state index contributed by atoms with van der Waals surface area (Å²) in [6.07, 6.45) is 1.48. The maximum Gasteiger partial charge on any atom is 0.264 e. The van der Waals surface area contributed by atoms with Crippen molar-refractivity contribution in [2.45, 2.75) is 25.7 Å². The van der Waals surface area contributed by atoms with Crippen molar-refractivity contribution in [3.63, 3.8) is 0 Å². The number of aromatic nitrogens is 4. The van der Waals surface area contributed by atoms with E-state index in [1.54, 1.807) is 38.6 Å². The maximum atomic E-state index is 12.5. The zero-order valence-corrected chi connectivity index (χ0v) is 16.7. The first-order valence-corrected chi connectivity index (χ1v) is 9.89. The van der Waals surface area contributed by atoms with Crippen LogP contribution in [-0.2, 0) is 17.1 Å². The van der Waals surface area contributed by atoms with Crippen molar-refractivity contribution < 1.29 is 13.2 Å². The summed E-state index contributed by atoms with van der Waals surface area (Å²) in [4.78, 5) is 20.5. The van der Waals surface area contributed by atoms with Gasteiger partial charge in [-0.2, -0.15) is 5.10 Å². The van der Waals surface area contributed by atoms with Gasteiger partial charge in [0.15, 0.2) is 0 Å². The fraction of sp³-hybridized carbons (Fsp3) is 0.222. The van der Waals surface area contributed by atoms with Gasteiger partial charge in [-0.1, -0.05) is 0 Å². The van der Waals surface area contributed by atoms with E-state index in [1.165, 1.54) is 30.5 Å². The minimum atomic E-state index is -3.85. The topological polar surface area (TPSA) is 119 Å². The predicted octanol–water partition coefficient (Wildman–Crippen LogP) is 2.19. The number of sulfonamides is 1. The second-order valence-corrected chi connectivity index (χ2v) is 8.01. The SMILES string of the molecule is Cc1cc(C)nc(NS(=O)(=O)c2ccc(NC(=O)c3cnn(C)c3C)cc2)n1. The van der Waals surface area contributed by atoms with Crippen LogP contribution in [0, 0.1) is 20.8 Å². The van der Waals surface area contributed by atoms with Crippen LogP contribution < -0.4 is 10.0 Å². The van der Waals surface area contributed by atoms with Crippen molar-refractivity contribution in [1.29, 1.82) is 0 Å². The molecule has 0 aliphatic heterocycles. The van der Waals surface area contributed by atoms with Gasteiger partial charge in [-0.15, -0.1) is 0 Å². The number of hydrogen-bond acceptors (Lipinski definition) is 6. The molecule has 1 aromatic carbocycles. The predicted molar refractivity (Wildman–Crippen MR) is 105 cm³/mol. The van der Waals surface area contributed by atoms with Crippen molar-refractivity contribution in [2.24, 2.45) is 7.05 Å². The largest absolute Gasteiger partial charge is 0.322 e. The van der Waals surface area contributed by atoms with Crippen LogP contribution >= 0.6 is 0 Å². The third kappa shape index (κ3) is 4.17. The molecular weight excluding hydrogens is 380 g/mol. The number of hydrogen-bond donors (Lipinski definition) is 2. The zero-order chi connectivity index (χ0) is 20.5. The monoisotopic (exact) mass is 400 g/mol. The number of rotatable bonds is 5. The van der Waals surface area contributed by atoms with Crippen molar-refractivity contribution in [1.82, 2.24) is 19.7 Å². The number of aryl methyl sites for hydroxylation is 3. The van der Waals surface area contributed by atoms with E-state index in [0.29, 0.717) is 22.6 Å². The van der Waals surface area contributed by atoms with E-state index >= 15 is 0 Å². The quantitative estimate of drug-likeness (QED) is 0.678. The van der Waals surface area contributed by atoms with Gasteiger partial charge in [-0.3, -0.25) is 9.48 Å². The molecule has 0 saturated carbocycles. The average Bonchev–Trinajstić information content (AvgIpc) is 2.93. The van der Waals surface area contributed by atoms with Crippen molar-refractivity contribution in [2.75, 3.05) is 10.0 Å². The number of nitrogens with zero attached hydrogens (tertiary/aromatic N) is 4. The van der Waals surface area contributed by atoms with E-state index in [2.05, 4.69) is 25.1 Å². The number of carbonyl (C=O) groups excluding carboxylic acids is 1. The molecule has 0 aliphatic carbocycles. The Morgan fingerprint density at radius 3 is 2.18 bits per heavy atom. The highest BCUT2D eigenvalue weighted by Crippen LogP contribution is 2.18. The molecule has 0 radical (unpaired) electrons. The molecule has 2 aromatic heterocycles. The minimum Gasteiger partial charge on any atom is -0.322 e. The molecule has 2 N–H and O–H groups in total. The van der Waals surface area contributed by atoms with Crippen LogP contribution in [-0.4, -0.2) is 34.1 Å². The summed E-state index contributed by atoms with van der Waals surface area (Å²) >= 11 is 0. The molecule has 0 unspecified atom stereocenters. The standard InChI is InChI=1S/C18H20N6O3S/c1-11-9-12(2)21-18(20-11)23-28(26,27)15-7-5-14(6-8-15)22-17(25)16-10-19-24(4)13(16)3/h5-10H,1-4H3,(H,22,25)(H,20,21,23). The molecule has 9 nitrogen and oxygen atoms in total. The Labute approximate surface area is 162 Å². The lowest BCUT2D eigenvalue weighted by Gasteiger charge is -2.09. The molecule has 3 aromatic rings. The molecule has 10 heteroatoms. The van der Waals surface area contributed by atoms with Gasteiger partial charge in [0.25, 0.3) is 15.9 Å². The van der Waals surface area contributed by atoms with Gasteiger partial charge in [0, 0.05) is 29.8 Å². The molecule has 0 bridgehead atoms. The van der Waals surface area contributed by atoms with E-state index in [1.807, 2.05) is 0 Å². The van der Waals surface area contributed by atoms with Crippen LogP contribution in [0.2, 0.25) is 0 Å². The summed E-state index contributed by atoms with van der Waals surface area (Å²) in [5.41, 5.74) is 2.97. The summed E-state index contributed by atoms with van der Waals surface area (Å²) in [7, 11) is -2.10. The van der Waals surface area contributed by atoms with Crippen molar-refractivity contribution in [3.05, 3.63) is 59.2 Å². The van der Waals surface area contributed by atoms with Crippen LogP contribution in [0.15, 0.2) is 41.4 Å². The Bertz CT molecular complexity index is 1120. The molecule has 146 valence electrons. The summed E-state index contributed by atoms with van der Waals surface area (Å²) < 4.78 is 29.0. The van der Waals surface area contributed by atoms with Crippen LogP contribution in [0.3, 0.4) is 0 Å². The lowest BCUT2D eigenvalue weighted by Crippen LogP contribution is -2.16. The molecule has 2 heterocycles. The number of nitrogens with one attached hydrogen (secondary N) is 2. The Kier molecular flexibility index (Phi) is 5.14. The van der Waals surface area contributed by atoms with Crippen LogP contribution in [0.4, 0.5) is 11.6 Å². The first-order valence-electron chi connectivity index (χ1n) is 8.41. The fourth-order valence-electron chi connectivity index (χ4n) is 2.59. The zero-order valence-electron chi connectivity index (χ0n) is 15.9. The highest BCUT2D eigenvalue weighted by Gasteiger charge is 2.17. The average molecular weight is 400 g/mol. The summed E-state index contributed by atoms with van der Waals surface area (Å²) in [5, 5.41) is 6.76. The molecule has 0 atom stereocenters. The van der Waals surface area contributed by atoms with E-state index in [0.717, 1.165) is 5.69 Å². The first-order chi connectivity index (χ1) is 13.2. The smallest absolute Gasteiger partial charge is 0.264 e. The highest BCUT2D eigenvalue weighted by atomic mass is 32.2. The third-order valence-corrected chi connectivity index (χ3v) is 5.45. The number of carbonyl (C=O) groups is 1. The fourth-order valence-corrected chi connectivity index (χ4v) is 3.53. The molecule has 0 fully saturated rings. The second kappa shape index (κ2) is 7.39. The minimum absolute atomic E-state index is 0.0157. The first kappa shape index (κ1) is 19.5. The third-order valence-electron chi connectivity index (χ3n) is 4.11. The van der Waals surface area contributed by atoms with Gasteiger partial charge >= 0.3 is 0 Å². The molecule has 0 spiro atoms. The molecule has 28 heavy (non-hydrogen) atoms. The summed E-state index contributed by atoms with van der Waals surface area (Å²) in [5.74, 6) is -0.301. The Balaban J connectivity index is 1.76. The number of amides is 1. The van der Waals surface area contributed by atoms with Crippen molar-refractivity contribution >= 4 is 27.6 Å². The number of anilines is 2. The van der Waals surface area contributed by atoms with E-state index in [4.69, 9.17) is 0 Å². The van der Waals surface area contributed by atoms with Crippen molar-refractivity contribution in [3.8, 4) is 0 Å². The van der Waals surface area contributed by atoms with Crippen LogP contribution in [0.5, 0.6) is 0 Å². The van der Waals surface area contributed by atoms with Crippen LogP contribution in [0.25, 0.3) is 0 Å². The maximum absolute atomic E-state index is 12.5. The van der Waals surface area contributed by atoms with Gasteiger partial charge in [-0.05, 0) is 51.1 Å². The van der Waals surface area contributed by atoms with Crippen LogP contribution in [0.1, 0.15) is 27.4 Å². The molecule has 3 rings (SSSR count).